The van der Waals surface area contributed by atoms with E-state index in [0.717, 1.165) is 0 Å². The van der Waals surface area contributed by atoms with Crippen LogP contribution in [0.3, 0.4) is 0 Å². The molecule has 3 rings (SSSR count). The van der Waals surface area contributed by atoms with Crippen LogP contribution in [0.4, 0.5) is 11.4 Å². The fraction of sp³-hybridized carbons (Fsp3) is 0.0625. The van der Waals surface area contributed by atoms with E-state index in [-0.39, 0.29) is 16.5 Å². The summed E-state index contributed by atoms with van der Waals surface area (Å²) in [7, 11) is -3.87. The minimum Gasteiger partial charge on any atom is -0.326 e. The largest absolute Gasteiger partial charge is 0.326 e. The molecule has 0 saturated carbocycles. The third-order valence-electron chi connectivity index (χ3n) is 3.35. The van der Waals surface area contributed by atoms with Crippen LogP contribution in [0.1, 0.15) is 6.92 Å². The van der Waals surface area contributed by atoms with E-state index in [9.17, 15) is 13.2 Å². The molecule has 0 atom stereocenters. The Bertz CT molecular complexity index is 1030. The lowest BCUT2D eigenvalue weighted by atomic mass is 10.3. The maximum Gasteiger partial charge on any atom is 0.261 e. The minimum absolute atomic E-state index is 0.0381. The molecule has 8 nitrogen and oxygen atoms in total. The maximum atomic E-state index is 12.7. The topological polar surface area (TPSA) is 106 Å². The zero-order valence-electron chi connectivity index (χ0n) is 13.5. The lowest BCUT2D eigenvalue weighted by molar-refractivity contribution is -0.114. The highest BCUT2D eigenvalue weighted by atomic mass is 35.5. The first-order valence-electron chi connectivity index (χ1n) is 7.40. The number of sulfonamides is 1. The Morgan fingerprint density at radius 3 is 2.50 bits per heavy atom. The molecule has 3 aromatic rings. The maximum absolute atomic E-state index is 12.7. The first-order valence-corrected chi connectivity index (χ1v) is 9.26. The fourth-order valence-electron chi connectivity index (χ4n) is 2.25. The van der Waals surface area contributed by atoms with Crippen LogP contribution < -0.4 is 10.0 Å². The van der Waals surface area contributed by atoms with E-state index < -0.39 is 10.0 Å². The summed E-state index contributed by atoms with van der Waals surface area (Å²) in [5.74, 6) is -0.241. The van der Waals surface area contributed by atoms with Crippen molar-refractivity contribution in [3.63, 3.8) is 0 Å². The average Bonchev–Trinajstić information content (AvgIpc) is 3.09. The third kappa shape index (κ3) is 4.01. The summed E-state index contributed by atoms with van der Waals surface area (Å²) in [4.78, 5) is 14.9. The van der Waals surface area contributed by atoms with Crippen molar-refractivity contribution in [3.05, 3.63) is 60.1 Å². The van der Waals surface area contributed by atoms with Gasteiger partial charge in [0.1, 0.15) is 12.7 Å². The van der Waals surface area contributed by atoms with Crippen molar-refractivity contribution in [2.24, 2.45) is 0 Å². The number of amides is 1. The molecule has 0 fully saturated rings. The number of nitrogens with zero attached hydrogens (tertiary/aromatic N) is 3. The molecule has 0 bridgehead atoms. The van der Waals surface area contributed by atoms with E-state index >= 15 is 0 Å². The highest BCUT2D eigenvalue weighted by Gasteiger charge is 2.17. The van der Waals surface area contributed by atoms with Crippen molar-refractivity contribution in [1.29, 1.82) is 0 Å². The second-order valence-electron chi connectivity index (χ2n) is 5.31. The average molecular weight is 392 g/mol. The molecule has 1 aromatic heterocycles. The van der Waals surface area contributed by atoms with Gasteiger partial charge < -0.3 is 5.32 Å². The molecular weight excluding hydrogens is 378 g/mol. The van der Waals surface area contributed by atoms with Crippen molar-refractivity contribution < 1.29 is 13.2 Å². The Hall–Kier alpha value is -2.91. The van der Waals surface area contributed by atoms with Crippen molar-refractivity contribution in [1.82, 2.24) is 14.8 Å². The van der Waals surface area contributed by atoms with Gasteiger partial charge >= 0.3 is 0 Å². The Morgan fingerprint density at radius 1 is 1.15 bits per heavy atom. The molecule has 0 unspecified atom stereocenters. The molecule has 10 heteroatoms. The number of aromatic nitrogens is 3. The summed E-state index contributed by atoms with van der Waals surface area (Å²) in [6.45, 7) is 1.37. The van der Waals surface area contributed by atoms with Gasteiger partial charge in [0.15, 0.2) is 0 Å². The first-order chi connectivity index (χ1) is 12.3. The van der Waals surface area contributed by atoms with Gasteiger partial charge in [0.2, 0.25) is 5.91 Å². The van der Waals surface area contributed by atoms with Crippen LogP contribution in [0, 0.1) is 0 Å². The number of nitrogens with one attached hydrogen (secondary N) is 2. The lowest BCUT2D eigenvalue weighted by Gasteiger charge is -2.13. The van der Waals surface area contributed by atoms with Crippen molar-refractivity contribution >= 4 is 38.9 Å². The standard InChI is InChI=1S/C16H14ClN5O3S/c1-11(23)20-13-3-5-14(6-4-13)26(24,25)21-15-8-12(17)2-7-16(15)22-10-18-9-19-22/h2-10,21H,1H3,(H,20,23). The predicted molar refractivity (Wildman–Crippen MR) is 97.9 cm³/mol. The molecule has 134 valence electrons. The van der Waals surface area contributed by atoms with Gasteiger partial charge in [0.05, 0.1) is 16.3 Å². The molecular formula is C16H14ClN5O3S. The highest BCUT2D eigenvalue weighted by molar-refractivity contribution is 7.92. The Balaban J connectivity index is 1.93. The van der Waals surface area contributed by atoms with E-state index in [2.05, 4.69) is 20.1 Å². The molecule has 0 aliphatic heterocycles. The summed E-state index contributed by atoms with van der Waals surface area (Å²) >= 11 is 6.00. The van der Waals surface area contributed by atoms with Gasteiger partial charge in [-0.05, 0) is 42.5 Å². The number of hydrogen-bond acceptors (Lipinski definition) is 5. The Morgan fingerprint density at radius 2 is 1.88 bits per heavy atom. The van der Waals surface area contributed by atoms with E-state index in [1.807, 2.05) is 0 Å². The number of anilines is 2. The molecule has 0 radical (unpaired) electrons. The van der Waals surface area contributed by atoms with Gasteiger partial charge in [-0.15, -0.1) is 0 Å². The number of carbonyl (C=O) groups is 1. The molecule has 1 amide bonds. The second kappa shape index (κ2) is 7.14. The SMILES string of the molecule is CC(=O)Nc1ccc(S(=O)(=O)Nc2cc(Cl)ccc2-n2cncn2)cc1. The molecule has 26 heavy (non-hydrogen) atoms. The van der Waals surface area contributed by atoms with Crippen LogP contribution in [0.5, 0.6) is 0 Å². The molecule has 0 aliphatic carbocycles. The van der Waals surface area contributed by atoms with E-state index in [1.165, 1.54) is 54.6 Å². The van der Waals surface area contributed by atoms with E-state index in [1.54, 1.807) is 12.1 Å². The van der Waals surface area contributed by atoms with Gasteiger partial charge in [-0.2, -0.15) is 5.10 Å². The quantitative estimate of drug-likeness (QED) is 0.695. The minimum atomic E-state index is -3.87. The van der Waals surface area contributed by atoms with Gasteiger partial charge in [0.25, 0.3) is 10.0 Å². The second-order valence-corrected chi connectivity index (χ2v) is 7.43. The molecule has 2 N–H and O–H groups in total. The first kappa shape index (κ1) is 17.9. The number of halogens is 1. The summed E-state index contributed by atoms with van der Waals surface area (Å²) in [5, 5.41) is 6.95. The lowest BCUT2D eigenvalue weighted by Crippen LogP contribution is -2.15. The van der Waals surface area contributed by atoms with Crippen LogP contribution in [-0.2, 0) is 14.8 Å². The van der Waals surface area contributed by atoms with Gasteiger partial charge in [0, 0.05) is 17.6 Å². The Kier molecular flexibility index (Phi) is 4.92. The monoisotopic (exact) mass is 391 g/mol. The zero-order valence-corrected chi connectivity index (χ0v) is 15.1. The van der Waals surface area contributed by atoms with Crippen LogP contribution in [0.15, 0.2) is 60.0 Å². The smallest absolute Gasteiger partial charge is 0.261 e. The van der Waals surface area contributed by atoms with Crippen molar-refractivity contribution in [3.8, 4) is 5.69 Å². The molecule has 0 aliphatic rings. The zero-order chi connectivity index (χ0) is 18.7. The van der Waals surface area contributed by atoms with Gasteiger partial charge in [-0.3, -0.25) is 9.52 Å². The van der Waals surface area contributed by atoms with Crippen molar-refractivity contribution in [2.45, 2.75) is 11.8 Å². The number of benzene rings is 2. The number of carbonyl (C=O) groups excluding carboxylic acids is 1. The molecule has 2 aromatic carbocycles. The van der Waals surface area contributed by atoms with E-state index in [4.69, 9.17) is 11.6 Å². The summed E-state index contributed by atoms with van der Waals surface area (Å²) in [5.41, 5.74) is 1.24. The number of hydrogen-bond donors (Lipinski definition) is 2. The highest BCUT2D eigenvalue weighted by Crippen LogP contribution is 2.27. The van der Waals surface area contributed by atoms with Gasteiger partial charge in [-0.25, -0.2) is 18.1 Å². The fourth-order valence-corrected chi connectivity index (χ4v) is 3.48. The van der Waals surface area contributed by atoms with Gasteiger partial charge in [-0.1, -0.05) is 11.6 Å². The normalized spacial score (nSPS) is 11.2. The van der Waals surface area contributed by atoms with Crippen LogP contribution in [-0.4, -0.2) is 29.1 Å². The Labute approximate surface area is 154 Å². The van der Waals surface area contributed by atoms with Crippen LogP contribution in [0.2, 0.25) is 5.02 Å². The molecule has 0 spiro atoms. The number of rotatable bonds is 5. The summed E-state index contributed by atoms with van der Waals surface area (Å²) < 4.78 is 29.3. The van der Waals surface area contributed by atoms with Crippen LogP contribution in [0.25, 0.3) is 5.69 Å². The third-order valence-corrected chi connectivity index (χ3v) is 4.97. The van der Waals surface area contributed by atoms with E-state index in [0.29, 0.717) is 16.4 Å². The summed E-state index contributed by atoms with van der Waals surface area (Å²) in [6.07, 6.45) is 2.79. The van der Waals surface area contributed by atoms with Crippen molar-refractivity contribution in [2.75, 3.05) is 10.0 Å². The van der Waals surface area contributed by atoms with Crippen LogP contribution >= 0.6 is 11.6 Å². The molecule has 1 heterocycles. The summed E-state index contributed by atoms with van der Waals surface area (Å²) in [6, 6.07) is 10.5. The molecule has 0 saturated heterocycles. The predicted octanol–water partition coefficient (Wildman–Crippen LogP) is 2.68.